The number of nitrogens with zero attached hydrogens (tertiary/aromatic N) is 2. The number of alkyl carbamates (subject to hydrolysis) is 1. The van der Waals surface area contributed by atoms with Crippen molar-refractivity contribution in [3.63, 3.8) is 0 Å². The summed E-state index contributed by atoms with van der Waals surface area (Å²) in [6.07, 6.45) is 4.18. The van der Waals surface area contributed by atoms with Crippen LogP contribution in [0.3, 0.4) is 0 Å². The molecule has 7 heteroatoms. The Bertz CT molecular complexity index is 1030. The molecule has 0 radical (unpaired) electrons. The van der Waals surface area contributed by atoms with Crippen molar-refractivity contribution >= 4 is 12.0 Å². The Balaban J connectivity index is 0.000000968. The molecule has 1 aliphatic heterocycles. The third-order valence-electron chi connectivity index (χ3n) is 5.36. The molecule has 1 atom stereocenters. The number of rotatable bonds is 5. The molecule has 1 aromatic heterocycles. The van der Waals surface area contributed by atoms with Gasteiger partial charge in [0, 0.05) is 6.54 Å². The van der Waals surface area contributed by atoms with E-state index in [0.717, 1.165) is 35.5 Å². The van der Waals surface area contributed by atoms with E-state index in [2.05, 4.69) is 70.3 Å². The van der Waals surface area contributed by atoms with Gasteiger partial charge in [0.2, 0.25) is 5.91 Å². The summed E-state index contributed by atoms with van der Waals surface area (Å²) in [6, 6.07) is 18.4. The van der Waals surface area contributed by atoms with Crippen molar-refractivity contribution in [1.29, 1.82) is 0 Å². The Hall–Kier alpha value is -3.61. The van der Waals surface area contributed by atoms with E-state index in [4.69, 9.17) is 0 Å². The van der Waals surface area contributed by atoms with Crippen molar-refractivity contribution in [2.75, 3.05) is 20.2 Å². The summed E-state index contributed by atoms with van der Waals surface area (Å²) in [5.74, 6) is 0.620. The van der Waals surface area contributed by atoms with Crippen molar-refractivity contribution in [2.45, 2.75) is 39.2 Å². The SMILES string of the molecule is CCC.COC(=O)NCC(=O)N1CCC[C@H]1c1ncc(-c2ccc(-c3ccccc3)cc2)[nH]1. The van der Waals surface area contributed by atoms with Crippen LogP contribution in [0.25, 0.3) is 22.4 Å². The topological polar surface area (TPSA) is 87.3 Å². The number of carbonyl (C=O) groups excluding carboxylic acids is 2. The summed E-state index contributed by atoms with van der Waals surface area (Å²) in [6.45, 7) is 4.81. The molecule has 1 saturated heterocycles. The molecule has 7 nitrogen and oxygen atoms in total. The third-order valence-corrected chi connectivity index (χ3v) is 5.36. The number of ether oxygens (including phenoxy) is 1. The van der Waals surface area contributed by atoms with Gasteiger partial charge in [-0.2, -0.15) is 0 Å². The number of hydrogen-bond acceptors (Lipinski definition) is 4. The second kappa shape index (κ2) is 11.9. The minimum Gasteiger partial charge on any atom is -0.453 e. The molecule has 2 heterocycles. The average Bonchev–Trinajstić information content (AvgIpc) is 3.53. The van der Waals surface area contributed by atoms with Crippen LogP contribution in [0.15, 0.2) is 60.8 Å². The van der Waals surface area contributed by atoms with E-state index < -0.39 is 6.09 Å². The molecule has 0 spiro atoms. The Morgan fingerprint density at radius 2 is 1.70 bits per heavy atom. The Morgan fingerprint density at radius 3 is 2.36 bits per heavy atom. The fourth-order valence-corrected chi connectivity index (χ4v) is 3.80. The number of carbonyl (C=O) groups is 2. The van der Waals surface area contributed by atoms with Gasteiger partial charge in [0.05, 0.1) is 25.0 Å². The number of nitrogens with one attached hydrogen (secondary N) is 2. The second-order valence-corrected chi connectivity index (χ2v) is 7.92. The molecule has 3 aromatic rings. The highest BCUT2D eigenvalue weighted by molar-refractivity contribution is 5.82. The van der Waals surface area contributed by atoms with Gasteiger partial charge in [-0.15, -0.1) is 0 Å². The van der Waals surface area contributed by atoms with Crippen LogP contribution in [0.1, 0.15) is 45.0 Å². The van der Waals surface area contributed by atoms with Crippen molar-refractivity contribution in [3.05, 3.63) is 66.6 Å². The Morgan fingerprint density at radius 1 is 1.06 bits per heavy atom. The molecule has 33 heavy (non-hydrogen) atoms. The van der Waals surface area contributed by atoms with Gasteiger partial charge in [-0.25, -0.2) is 9.78 Å². The van der Waals surface area contributed by atoms with E-state index in [1.807, 2.05) is 18.2 Å². The number of likely N-dealkylation sites (tertiary alicyclic amines) is 1. The highest BCUT2D eigenvalue weighted by Crippen LogP contribution is 2.32. The summed E-state index contributed by atoms with van der Waals surface area (Å²) >= 11 is 0. The largest absolute Gasteiger partial charge is 0.453 e. The quantitative estimate of drug-likeness (QED) is 0.563. The molecule has 1 fully saturated rings. The van der Waals surface area contributed by atoms with Gasteiger partial charge in [-0.1, -0.05) is 74.9 Å². The summed E-state index contributed by atoms with van der Waals surface area (Å²) in [7, 11) is 1.27. The molecular formula is C26H32N4O3. The van der Waals surface area contributed by atoms with Crippen LogP contribution in [0.5, 0.6) is 0 Å². The maximum Gasteiger partial charge on any atom is 0.407 e. The standard InChI is InChI=1S/C23H24N4O3.C3H8/c1-30-23(29)25-15-21(28)27-13-5-8-20(27)22-24-14-19(26-22)18-11-9-17(10-12-18)16-6-3-2-4-7-16;1-3-2/h2-4,6-7,9-12,14,20H,5,8,13,15H2,1H3,(H,24,26)(H,25,29);3H2,1-2H3/t20-;/m0./s1. The van der Waals surface area contributed by atoms with E-state index in [0.29, 0.717) is 6.54 Å². The first-order chi connectivity index (χ1) is 16.1. The molecule has 0 saturated carbocycles. The first kappa shape index (κ1) is 24.0. The molecule has 4 rings (SSSR count). The normalized spacial score (nSPS) is 14.9. The first-order valence-electron chi connectivity index (χ1n) is 11.4. The van der Waals surface area contributed by atoms with Crippen molar-refractivity contribution in [3.8, 4) is 22.4 Å². The van der Waals surface area contributed by atoms with Crippen LogP contribution in [0.4, 0.5) is 4.79 Å². The minimum atomic E-state index is -0.613. The lowest BCUT2D eigenvalue weighted by atomic mass is 10.0. The molecular weight excluding hydrogens is 416 g/mol. The number of benzene rings is 2. The fraction of sp³-hybridized carbons (Fsp3) is 0.346. The van der Waals surface area contributed by atoms with E-state index in [1.54, 1.807) is 11.1 Å². The van der Waals surface area contributed by atoms with E-state index in [9.17, 15) is 9.59 Å². The summed E-state index contributed by atoms with van der Waals surface area (Å²) < 4.78 is 4.52. The predicted molar refractivity (Wildman–Crippen MR) is 130 cm³/mol. The molecule has 0 bridgehead atoms. The van der Waals surface area contributed by atoms with Crippen molar-refractivity contribution < 1.29 is 14.3 Å². The molecule has 0 aliphatic carbocycles. The van der Waals surface area contributed by atoms with Gasteiger partial charge < -0.3 is 19.9 Å². The van der Waals surface area contributed by atoms with Gasteiger partial charge in [0.1, 0.15) is 12.4 Å². The molecule has 0 unspecified atom stereocenters. The summed E-state index contributed by atoms with van der Waals surface area (Å²) in [4.78, 5) is 33.4. The Labute approximate surface area is 195 Å². The van der Waals surface area contributed by atoms with Crippen molar-refractivity contribution in [1.82, 2.24) is 20.2 Å². The van der Waals surface area contributed by atoms with Crippen LogP contribution in [-0.2, 0) is 9.53 Å². The monoisotopic (exact) mass is 448 g/mol. The van der Waals surface area contributed by atoms with Crippen molar-refractivity contribution in [2.24, 2.45) is 0 Å². The number of imidazole rings is 1. The lowest BCUT2D eigenvalue weighted by Crippen LogP contribution is -2.40. The molecule has 174 valence electrons. The van der Waals surface area contributed by atoms with E-state index in [1.165, 1.54) is 19.1 Å². The molecule has 2 amide bonds. The van der Waals surface area contributed by atoms with Crippen LogP contribution < -0.4 is 5.32 Å². The van der Waals surface area contributed by atoms with Crippen LogP contribution in [-0.4, -0.2) is 47.1 Å². The van der Waals surface area contributed by atoms with Gasteiger partial charge in [-0.05, 0) is 29.5 Å². The van der Waals surface area contributed by atoms with Crippen LogP contribution in [0, 0.1) is 0 Å². The Kier molecular flexibility index (Phi) is 8.63. The highest BCUT2D eigenvalue weighted by Gasteiger charge is 2.32. The fourth-order valence-electron chi connectivity index (χ4n) is 3.80. The van der Waals surface area contributed by atoms with Gasteiger partial charge in [0.15, 0.2) is 0 Å². The minimum absolute atomic E-state index is 0.0856. The number of aromatic amines is 1. The zero-order chi connectivity index (χ0) is 23.6. The predicted octanol–water partition coefficient (Wildman–Crippen LogP) is 5.18. The van der Waals surface area contributed by atoms with E-state index in [-0.39, 0.29) is 18.5 Å². The maximum absolute atomic E-state index is 12.5. The number of amides is 2. The van der Waals surface area contributed by atoms with Gasteiger partial charge in [-0.3, -0.25) is 4.79 Å². The lowest BCUT2D eigenvalue weighted by Gasteiger charge is -2.23. The summed E-state index contributed by atoms with van der Waals surface area (Å²) in [5, 5.41) is 2.45. The van der Waals surface area contributed by atoms with E-state index >= 15 is 0 Å². The maximum atomic E-state index is 12.5. The third kappa shape index (κ3) is 6.22. The number of hydrogen-bond donors (Lipinski definition) is 2. The average molecular weight is 449 g/mol. The number of methoxy groups -OCH3 is 1. The van der Waals surface area contributed by atoms with Crippen LogP contribution in [0.2, 0.25) is 0 Å². The zero-order valence-electron chi connectivity index (χ0n) is 19.5. The first-order valence-corrected chi connectivity index (χ1v) is 11.4. The molecule has 2 N–H and O–H groups in total. The zero-order valence-corrected chi connectivity index (χ0v) is 19.5. The molecule has 1 aliphatic rings. The highest BCUT2D eigenvalue weighted by atomic mass is 16.5. The smallest absolute Gasteiger partial charge is 0.407 e. The number of H-pyrrole nitrogens is 1. The van der Waals surface area contributed by atoms with Gasteiger partial charge in [0.25, 0.3) is 0 Å². The second-order valence-electron chi connectivity index (χ2n) is 7.92. The van der Waals surface area contributed by atoms with Gasteiger partial charge >= 0.3 is 6.09 Å². The number of aromatic nitrogens is 2. The molecule has 2 aromatic carbocycles. The lowest BCUT2D eigenvalue weighted by molar-refractivity contribution is -0.131. The van der Waals surface area contributed by atoms with Crippen LogP contribution >= 0.6 is 0 Å². The summed E-state index contributed by atoms with van der Waals surface area (Å²) in [5.41, 5.74) is 4.29.